The van der Waals surface area contributed by atoms with Gasteiger partial charge in [-0.15, -0.1) is 0 Å². The Morgan fingerprint density at radius 1 is 1.06 bits per heavy atom. The molecule has 2 rings (SSSR count). The molecular weight excluding hydrogens is 258 g/mol. The second-order valence-corrected chi connectivity index (χ2v) is 4.66. The summed E-state index contributed by atoms with van der Waals surface area (Å²) >= 11 is 1.05. The highest BCUT2D eigenvalue weighted by Crippen LogP contribution is 2.32. The van der Waals surface area contributed by atoms with E-state index in [4.69, 9.17) is 0 Å². The van der Waals surface area contributed by atoms with Crippen LogP contribution < -0.4 is 0 Å². The van der Waals surface area contributed by atoms with Gasteiger partial charge in [0.05, 0.1) is 0 Å². The highest BCUT2D eigenvalue weighted by atomic mass is 32.2. The lowest BCUT2D eigenvalue weighted by atomic mass is 10.2. The summed E-state index contributed by atoms with van der Waals surface area (Å²) in [5, 5.41) is 9.23. The van der Waals surface area contributed by atoms with Crippen molar-refractivity contribution in [1.82, 2.24) is 0 Å². The smallest absolute Gasteiger partial charge is 0.151 e. The summed E-state index contributed by atoms with van der Waals surface area (Å²) in [5.74, 6) is -1.39. The van der Waals surface area contributed by atoms with E-state index in [0.717, 1.165) is 17.8 Å². The maximum Gasteiger partial charge on any atom is 0.151 e. The van der Waals surface area contributed by atoms with Crippen LogP contribution in [-0.4, -0.2) is 11.4 Å². The van der Waals surface area contributed by atoms with Crippen molar-refractivity contribution in [3.8, 4) is 5.75 Å². The maximum atomic E-state index is 13.0. The molecule has 2 aromatic carbocycles. The summed E-state index contributed by atoms with van der Waals surface area (Å²) in [6, 6.07) is 7.36. The number of carbonyl (C=O) groups is 1. The first kappa shape index (κ1) is 12.6. The average Bonchev–Trinajstić information content (AvgIpc) is 2.30. The number of hydrogen-bond donors (Lipinski definition) is 1. The van der Waals surface area contributed by atoms with Crippen LogP contribution in [0.15, 0.2) is 46.2 Å². The molecule has 92 valence electrons. The number of phenolic OH excluding ortho intramolecular Hbond substituents is 1. The first-order chi connectivity index (χ1) is 8.58. The van der Waals surface area contributed by atoms with Crippen LogP contribution in [0.3, 0.4) is 0 Å². The second kappa shape index (κ2) is 5.18. The number of carbonyl (C=O) groups excluding carboxylic acids is 1. The first-order valence-electron chi connectivity index (χ1n) is 5.00. The van der Waals surface area contributed by atoms with E-state index in [-0.39, 0.29) is 11.3 Å². The number of hydrogen-bond acceptors (Lipinski definition) is 3. The minimum absolute atomic E-state index is 0.0353. The van der Waals surface area contributed by atoms with E-state index in [2.05, 4.69) is 0 Å². The molecule has 0 amide bonds. The van der Waals surface area contributed by atoms with Crippen LogP contribution in [0.2, 0.25) is 0 Å². The standard InChI is InChI=1S/C13H8F2O2S/c14-9-4-10(15)6-12(5-9)18-13-2-1-11(17)3-8(13)7-16/h1-7,17H. The minimum atomic E-state index is -0.677. The van der Waals surface area contributed by atoms with Crippen molar-refractivity contribution in [1.29, 1.82) is 0 Å². The third-order valence-corrected chi connectivity index (χ3v) is 3.25. The molecule has 0 aliphatic rings. The molecule has 0 unspecified atom stereocenters. The lowest BCUT2D eigenvalue weighted by Gasteiger charge is -2.05. The molecule has 0 aromatic heterocycles. The molecule has 0 atom stereocenters. The van der Waals surface area contributed by atoms with Crippen LogP contribution in [0.5, 0.6) is 5.75 Å². The molecule has 2 aromatic rings. The van der Waals surface area contributed by atoms with Gasteiger partial charge >= 0.3 is 0 Å². The van der Waals surface area contributed by atoms with Crippen molar-refractivity contribution in [2.24, 2.45) is 0 Å². The number of halogens is 2. The zero-order valence-electron chi connectivity index (χ0n) is 9.06. The van der Waals surface area contributed by atoms with Gasteiger partial charge in [0.25, 0.3) is 0 Å². The molecule has 0 radical (unpaired) electrons. The molecule has 0 spiro atoms. The molecule has 5 heteroatoms. The molecule has 0 bridgehead atoms. The third-order valence-electron chi connectivity index (χ3n) is 2.18. The van der Waals surface area contributed by atoms with Gasteiger partial charge in [0, 0.05) is 21.4 Å². The molecule has 0 saturated heterocycles. The predicted octanol–water partition coefficient (Wildman–Crippen LogP) is 3.63. The largest absolute Gasteiger partial charge is 0.508 e. The van der Waals surface area contributed by atoms with Crippen molar-refractivity contribution in [2.75, 3.05) is 0 Å². The molecule has 0 heterocycles. The van der Waals surface area contributed by atoms with Crippen LogP contribution in [0.4, 0.5) is 8.78 Å². The second-order valence-electron chi connectivity index (χ2n) is 3.55. The first-order valence-corrected chi connectivity index (χ1v) is 5.82. The van der Waals surface area contributed by atoms with Gasteiger partial charge in [-0.2, -0.15) is 0 Å². The average molecular weight is 266 g/mol. The van der Waals surface area contributed by atoms with Crippen molar-refractivity contribution >= 4 is 18.0 Å². The maximum absolute atomic E-state index is 13.0. The molecular formula is C13H8F2O2S. The van der Waals surface area contributed by atoms with Crippen molar-refractivity contribution in [2.45, 2.75) is 9.79 Å². The summed E-state index contributed by atoms with van der Waals surface area (Å²) < 4.78 is 26.0. The van der Waals surface area contributed by atoms with Gasteiger partial charge in [0.2, 0.25) is 0 Å². The van der Waals surface area contributed by atoms with Gasteiger partial charge < -0.3 is 5.11 Å². The Morgan fingerprint density at radius 2 is 1.72 bits per heavy atom. The topological polar surface area (TPSA) is 37.3 Å². The van der Waals surface area contributed by atoms with Gasteiger partial charge in [-0.25, -0.2) is 8.78 Å². The van der Waals surface area contributed by atoms with E-state index in [9.17, 15) is 18.7 Å². The zero-order valence-corrected chi connectivity index (χ0v) is 9.88. The lowest BCUT2D eigenvalue weighted by molar-refractivity contribution is 0.112. The van der Waals surface area contributed by atoms with Gasteiger partial charge in [0.1, 0.15) is 17.4 Å². The van der Waals surface area contributed by atoms with Crippen molar-refractivity contribution < 1.29 is 18.7 Å². The summed E-state index contributed by atoms with van der Waals surface area (Å²) in [6.45, 7) is 0. The Hall–Kier alpha value is -1.88. The van der Waals surface area contributed by atoms with E-state index < -0.39 is 11.6 Å². The molecule has 2 nitrogen and oxygen atoms in total. The fourth-order valence-electron chi connectivity index (χ4n) is 1.44. The highest BCUT2D eigenvalue weighted by Gasteiger charge is 2.07. The van der Waals surface area contributed by atoms with Crippen LogP contribution in [0, 0.1) is 11.6 Å². The van der Waals surface area contributed by atoms with E-state index in [0.29, 0.717) is 16.1 Å². The molecule has 0 aliphatic carbocycles. The van der Waals surface area contributed by atoms with E-state index in [1.807, 2.05) is 0 Å². The van der Waals surface area contributed by atoms with Gasteiger partial charge in [-0.1, -0.05) is 11.8 Å². The fourth-order valence-corrected chi connectivity index (χ4v) is 2.39. The summed E-state index contributed by atoms with van der Waals surface area (Å²) in [4.78, 5) is 11.7. The lowest BCUT2D eigenvalue weighted by Crippen LogP contribution is -1.86. The summed E-state index contributed by atoms with van der Waals surface area (Å²) in [6.07, 6.45) is 0.581. The normalized spacial score (nSPS) is 10.3. The zero-order chi connectivity index (χ0) is 13.1. The quantitative estimate of drug-likeness (QED) is 0.862. The van der Waals surface area contributed by atoms with Gasteiger partial charge in [-0.05, 0) is 30.3 Å². The Labute approximate surface area is 106 Å². The van der Waals surface area contributed by atoms with Crippen LogP contribution in [0.1, 0.15) is 10.4 Å². The van der Waals surface area contributed by atoms with Crippen LogP contribution in [0.25, 0.3) is 0 Å². The monoisotopic (exact) mass is 266 g/mol. The van der Waals surface area contributed by atoms with Crippen LogP contribution in [-0.2, 0) is 0 Å². The molecule has 0 saturated carbocycles. The Kier molecular flexibility index (Phi) is 3.62. The van der Waals surface area contributed by atoms with Gasteiger partial charge in [0.15, 0.2) is 6.29 Å². The van der Waals surface area contributed by atoms with E-state index >= 15 is 0 Å². The Balaban J connectivity index is 2.36. The van der Waals surface area contributed by atoms with Crippen LogP contribution >= 0.6 is 11.8 Å². The number of benzene rings is 2. The predicted molar refractivity (Wildman–Crippen MR) is 64.0 cm³/mol. The third kappa shape index (κ3) is 2.87. The molecule has 18 heavy (non-hydrogen) atoms. The molecule has 0 aliphatic heterocycles. The van der Waals surface area contributed by atoms with Crippen molar-refractivity contribution in [3.05, 3.63) is 53.6 Å². The number of aldehydes is 1. The fraction of sp³-hybridized carbons (Fsp3) is 0. The summed E-state index contributed by atoms with van der Waals surface area (Å²) in [5.41, 5.74) is 0.268. The minimum Gasteiger partial charge on any atom is -0.508 e. The van der Waals surface area contributed by atoms with Crippen molar-refractivity contribution in [3.63, 3.8) is 0 Å². The Bertz CT molecular complexity index is 579. The molecule has 1 N–H and O–H groups in total. The SMILES string of the molecule is O=Cc1cc(O)ccc1Sc1cc(F)cc(F)c1. The number of rotatable bonds is 3. The van der Waals surface area contributed by atoms with Gasteiger partial charge in [-0.3, -0.25) is 4.79 Å². The summed E-state index contributed by atoms with van der Waals surface area (Å²) in [7, 11) is 0. The number of aromatic hydroxyl groups is 1. The molecule has 0 fully saturated rings. The van der Waals surface area contributed by atoms with E-state index in [1.54, 1.807) is 0 Å². The number of phenols is 1. The van der Waals surface area contributed by atoms with E-state index in [1.165, 1.54) is 30.3 Å². The Morgan fingerprint density at radius 3 is 2.33 bits per heavy atom. The highest BCUT2D eigenvalue weighted by molar-refractivity contribution is 7.99.